The minimum atomic E-state index is -0.349. The second kappa shape index (κ2) is 7.57. The first kappa shape index (κ1) is 16.6. The zero-order chi connectivity index (χ0) is 17.6. The van der Waals surface area contributed by atoms with Gasteiger partial charge >= 0.3 is 0 Å². The highest BCUT2D eigenvalue weighted by atomic mass is 16.2. The largest absolute Gasteiger partial charge is 0.320 e. The molecule has 0 fully saturated rings. The van der Waals surface area contributed by atoms with Gasteiger partial charge in [-0.2, -0.15) is 10.2 Å². The summed E-state index contributed by atoms with van der Waals surface area (Å²) >= 11 is 0. The van der Waals surface area contributed by atoms with Crippen LogP contribution in [0.4, 0.5) is 5.69 Å². The number of aromatic nitrogens is 4. The lowest BCUT2D eigenvalue weighted by molar-refractivity contribution is 0.101. The molecule has 0 radical (unpaired) electrons. The molecule has 0 aliphatic heterocycles. The summed E-state index contributed by atoms with van der Waals surface area (Å²) < 4.78 is 3.09. The molecule has 0 aliphatic carbocycles. The van der Waals surface area contributed by atoms with E-state index in [9.17, 15) is 9.59 Å². The number of nitrogens with zero attached hydrogens (tertiary/aromatic N) is 4. The maximum atomic E-state index is 12.5. The molecule has 3 aromatic rings. The molecule has 2 aromatic heterocycles. The van der Waals surface area contributed by atoms with Crippen LogP contribution in [0.25, 0.3) is 0 Å². The summed E-state index contributed by atoms with van der Waals surface area (Å²) in [7, 11) is 0. The molecule has 0 spiro atoms. The normalized spacial score (nSPS) is 10.6. The van der Waals surface area contributed by atoms with Crippen molar-refractivity contribution in [2.24, 2.45) is 0 Å². The van der Waals surface area contributed by atoms with E-state index in [4.69, 9.17) is 0 Å². The Balaban J connectivity index is 1.82. The van der Waals surface area contributed by atoms with E-state index in [1.54, 1.807) is 10.9 Å². The van der Waals surface area contributed by atoms with Crippen molar-refractivity contribution < 1.29 is 4.79 Å². The van der Waals surface area contributed by atoms with Crippen LogP contribution in [0.3, 0.4) is 0 Å². The lowest BCUT2D eigenvalue weighted by Crippen LogP contribution is -2.26. The van der Waals surface area contributed by atoms with Crippen molar-refractivity contribution in [2.75, 3.05) is 5.32 Å². The van der Waals surface area contributed by atoms with Crippen LogP contribution in [0.1, 0.15) is 29.4 Å². The Morgan fingerprint density at radius 3 is 2.76 bits per heavy atom. The van der Waals surface area contributed by atoms with E-state index in [0.717, 1.165) is 12.0 Å². The summed E-state index contributed by atoms with van der Waals surface area (Å²) in [5.74, 6) is -0.349. The summed E-state index contributed by atoms with van der Waals surface area (Å²) in [5, 5.41) is 11.2. The predicted molar refractivity (Wildman–Crippen MR) is 94.5 cm³/mol. The third kappa shape index (κ3) is 4.00. The number of carbonyl (C=O) groups is 1. The predicted octanol–water partition coefficient (Wildman–Crippen LogP) is 2.15. The summed E-state index contributed by atoms with van der Waals surface area (Å²) in [4.78, 5) is 24.3. The van der Waals surface area contributed by atoms with Crippen molar-refractivity contribution >= 4 is 11.6 Å². The fourth-order valence-corrected chi connectivity index (χ4v) is 2.48. The first-order valence-electron chi connectivity index (χ1n) is 8.12. The molecule has 0 aliphatic rings. The van der Waals surface area contributed by atoms with Gasteiger partial charge in [0.1, 0.15) is 5.69 Å². The first-order chi connectivity index (χ1) is 12.2. The number of amides is 1. The summed E-state index contributed by atoms with van der Waals surface area (Å²) in [6, 6.07) is 12.2. The molecule has 128 valence electrons. The molecule has 0 unspecified atom stereocenters. The van der Waals surface area contributed by atoms with Crippen LogP contribution >= 0.6 is 0 Å². The van der Waals surface area contributed by atoms with Crippen LogP contribution in [0.2, 0.25) is 0 Å². The Morgan fingerprint density at radius 2 is 2.00 bits per heavy atom. The molecule has 1 N–H and O–H groups in total. The van der Waals surface area contributed by atoms with Gasteiger partial charge < -0.3 is 5.32 Å². The highest BCUT2D eigenvalue weighted by Gasteiger charge is 2.12. The molecule has 7 nitrogen and oxygen atoms in total. The van der Waals surface area contributed by atoms with E-state index < -0.39 is 0 Å². The number of hydrogen-bond donors (Lipinski definition) is 1. The second-order valence-corrected chi connectivity index (χ2v) is 5.59. The van der Waals surface area contributed by atoms with Gasteiger partial charge in [0, 0.05) is 30.7 Å². The minimum Gasteiger partial charge on any atom is -0.320 e. The van der Waals surface area contributed by atoms with Crippen LogP contribution in [0.5, 0.6) is 0 Å². The van der Waals surface area contributed by atoms with E-state index in [2.05, 4.69) is 15.5 Å². The lowest BCUT2D eigenvalue weighted by Gasteiger charge is -2.11. The molecule has 2 heterocycles. The molecular weight excluding hydrogens is 318 g/mol. The molecule has 0 bridgehead atoms. The monoisotopic (exact) mass is 337 g/mol. The standard InChI is InChI=1S/C18H19N5O2/c1-2-11-23-17(24)9-8-16(21-23)18(25)20-15-7-4-3-6-14(15)13-22-12-5-10-19-22/h3-10,12H,2,11,13H2,1H3,(H,20,25). The van der Waals surface area contributed by atoms with Crippen molar-refractivity contribution in [3.05, 3.63) is 76.5 Å². The molecule has 0 saturated carbocycles. The molecule has 1 amide bonds. The van der Waals surface area contributed by atoms with E-state index in [1.165, 1.54) is 16.8 Å². The van der Waals surface area contributed by atoms with Crippen LogP contribution in [-0.2, 0) is 13.1 Å². The Bertz CT molecular complexity index is 915. The molecule has 0 saturated heterocycles. The fourth-order valence-electron chi connectivity index (χ4n) is 2.48. The van der Waals surface area contributed by atoms with Crippen molar-refractivity contribution in [2.45, 2.75) is 26.4 Å². The van der Waals surface area contributed by atoms with Crippen molar-refractivity contribution in [1.82, 2.24) is 19.6 Å². The van der Waals surface area contributed by atoms with Crippen LogP contribution in [0, 0.1) is 0 Å². The smallest absolute Gasteiger partial charge is 0.276 e. The molecule has 0 atom stereocenters. The molecule has 3 rings (SSSR count). The van der Waals surface area contributed by atoms with Gasteiger partial charge in [0.05, 0.1) is 6.54 Å². The third-order valence-corrected chi connectivity index (χ3v) is 3.69. The zero-order valence-corrected chi connectivity index (χ0v) is 13.9. The highest BCUT2D eigenvalue weighted by molar-refractivity contribution is 6.03. The van der Waals surface area contributed by atoms with Crippen LogP contribution in [-0.4, -0.2) is 25.5 Å². The minimum absolute atomic E-state index is 0.210. The molecular formula is C18H19N5O2. The van der Waals surface area contributed by atoms with Gasteiger partial charge in [-0.3, -0.25) is 14.3 Å². The van der Waals surface area contributed by atoms with Gasteiger partial charge in [-0.25, -0.2) is 4.68 Å². The van der Waals surface area contributed by atoms with Gasteiger partial charge in [-0.05, 0) is 30.2 Å². The maximum Gasteiger partial charge on any atom is 0.276 e. The number of carbonyl (C=O) groups excluding carboxylic acids is 1. The average molecular weight is 337 g/mol. The number of para-hydroxylation sites is 1. The summed E-state index contributed by atoms with van der Waals surface area (Å²) in [6.45, 7) is 2.98. The van der Waals surface area contributed by atoms with Crippen molar-refractivity contribution in [1.29, 1.82) is 0 Å². The number of rotatable bonds is 6. The number of aryl methyl sites for hydroxylation is 1. The highest BCUT2D eigenvalue weighted by Crippen LogP contribution is 2.17. The third-order valence-electron chi connectivity index (χ3n) is 3.69. The fraction of sp³-hybridized carbons (Fsp3) is 0.222. The maximum absolute atomic E-state index is 12.5. The number of hydrogen-bond acceptors (Lipinski definition) is 4. The van der Waals surface area contributed by atoms with E-state index >= 15 is 0 Å². The quantitative estimate of drug-likeness (QED) is 0.747. The number of benzene rings is 1. The molecule has 25 heavy (non-hydrogen) atoms. The average Bonchev–Trinajstić information content (AvgIpc) is 3.12. The SMILES string of the molecule is CCCn1nc(C(=O)Nc2ccccc2Cn2cccn2)ccc1=O. The Labute approximate surface area is 144 Å². The van der Waals surface area contributed by atoms with Gasteiger partial charge in [-0.15, -0.1) is 0 Å². The molecule has 1 aromatic carbocycles. The van der Waals surface area contributed by atoms with Gasteiger partial charge in [0.25, 0.3) is 11.5 Å². The van der Waals surface area contributed by atoms with E-state index in [0.29, 0.717) is 18.8 Å². The van der Waals surface area contributed by atoms with E-state index in [-0.39, 0.29) is 17.2 Å². The Hall–Kier alpha value is -3.22. The molecule has 7 heteroatoms. The second-order valence-electron chi connectivity index (χ2n) is 5.59. The van der Waals surface area contributed by atoms with Crippen LogP contribution in [0.15, 0.2) is 59.7 Å². The van der Waals surface area contributed by atoms with Gasteiger partial charge in [0.15, 0.2) is 0 Å². The zero-order valence-electron chi connectivity index (χ0n) is 13.9. The van der Waals surface area contributed by atoms with E-state index in [1.807, 2.05) is 43.5 Å². The van der Waals surface area contributed by atoms with Crippen molar-refractivity contribution in [3.63, 3.8) is 0 Å². The summed E-state index contributed by atoms with van der Waals surface area (Å²) in [6.07, 6.45) is 4.34. The first-order valence-corrected chi connectivity index (χ1v) is 8.12. The van der Waals surface area contributed by atoms with Gasteiger partial charge in [-0.1, -0.05) is 25.1 Å². The number of anilines is 1. The van der Waals surface area contributed by atoms with Crippen molar-refractivity contribution in [3.8, 4) is 0 Å². The topological polar surface area (TPSA) is 81.8 Å². The number of nitrogens with one attached hydrogen (secondary N) is 1. The lowest BCUT2D eigenvalue weighted by atomic mass is 10.1. The summed E-state index contributed by atoms with van der Waals surface area (Å²) in [5.41, 5.74) is 1.62. The van der Waals surface area contributed by atoms with Crippen LogP contribution < -0.4 is 10.9 Å². The Kier molecular flexibility index (Phi) is 5.03. The van der Waals surface area contributed by atoms with Gasteiger partial charge in [0.2, 0.25) is 0 Å². The Morgan fingerprint density at radius 1 is 1.16 bits per heavy atom.